The van der Waals surface area contributed by atoms with Gasteiger partial charge in [0.1, 0.15) is 18.3 Å². The van der Waals surface area contributed by atoms with Gasteiger partial charge in [-0.2, -0.15) is 18.3 Å². The number of carbonyl (C=O) groups is 1. The number of rotatable bonds is 5. The molecule has 0 bridgehead atoms. The molecule has 0 atom stereocenters. The Morgan fingerprint density at radius 1 is 1.15 bits per heavy atom. The number of anilines is 2. The van der Waals surface area contributed by atoms with Crippen LogP contribution in [0.3, 0.4) is 0 Å². The van der Waals surface area contributed by atoms with Crippen molar-refractivity contribution in [2.45, 2.75) is 6.18 Å². The third-order valence-electron chi connectivity index (χ3n) is 5.03. The van der Waals surface area contributed by atoms with Crippen LogP contribution < -0.4 is 10.2 Å². The Hall–Kier alpha value is -4.00. The quantitative estimate of drug-likeness (QED) is 0.457. The number of hydrogen-bond acceptors (Lipinski definition) is 7. The van der Waals surface area contributed by atoms with Crippen LogP contribution in [0.15, 0.2) is 49.1 Å². The van der Waals surface area contributed by atoms with Crippen molar-refractivity contribution in [1.82, 2.24) is 14.8 Å². The second kappa shape index (κ2) is 8.86. The molecule has 1 aliphatic rings. The average molecular weight is 462 g/mol. The van der Waals surface area contributed by atoms with Gasteiger partial charge in [-0.3, -0.25) is 14.9 Å². The maximum atomic E-state index is 13.7. The lowest BCUT2D eigenvalue weighted by atomic mass is 10.1. The van der Waals surface area contributed by atoms with Gasteiger partial charge in [-0.1, -0.05) is 0 Å². The van der Waals surface area contributed by atoms with E-state index in [1.807, 2.05) is 0 Å². The van der Waals surface area contributed by atoms with Crippen LogP contribution in [0.5, 0.6) is 0 Å². The van der Waals surface area contributed by atoms with Crippen molar-refractivity contribution in [3.8, 4) is 5.69 Å². The smallest absolute Gasteiger partial charge is 0.378 e. The number of ether oxygens (including phenoxy) is 1. The molecule has 1 N–H and O–H groups in total. The van der Waals surface area contributed by atoms with Crippen molar-refractivity contribution in [3.63, 3.8) is 0 Å². The van der Waals surface area contributed by atoms with Crippen molar-refractivity contribution in [3.05, 3.63) is 70.3 Å². The van der Waals surface area contributed by atoms with Gasteiger partial charge in [-0.05, 0) is 30.3 Å². The summed E-state index contributed by atoms with van der Waals surface area (Å²) >= 11 is 0. The van der Waals surface area contributed by atoms with Gasteiger partial charge in [0.25, 0.3) is 11.6 Å². The van der Waals surface area contributed by atoms with E-state index in [-0.39, 0.29) is 11.3 Å². The summed E-state index contributed by atoms with van der Waals surface area (Å²) in [6.07, 6.45) is -2.30. The van der Waals surface area contributed by atoms with Gasteiger partial charge < -0.3 is 15.0 Å². The number of halogens is 3. The minimum absolute atomic E-state index is 0.0555. The molecule has 1 fully saturated rings. The topological polar surface area (TPSA) is 115 Å². The molecule has 4 rings (SSSR count). The number of nitro benzene ring substituents is 1. The van der Waals surface area contributed by atoms with Crippen LogP contribution in [0.2, 0.25) is 0 Å². The normalized spacial score (nSPS) is 14.2. The number of carbonyl (C=O) groups excluding carboxylic acids is 1. The second-order valence-electron chi connectivity index (χ2n) is 7.08. The van der Waals surface area contributed by atoms with Gasteiger partial charge in [0.15, 0.2) is 0 Å². The lowest BCUT2D eigenvalue weighted by Crippen LogP contribution is -2.36. The third-order valence-corrected chi connectivity index (χ3v) is 5.03. The van der Waals surface area contributed by atoms with E-state index in [1.165, 1.54) is 36.9 Å². The van der Waals surface area contributed by atoms with Crippen molar-refractivity contribution in [2.24, 2.45) is 0 Å². The number of hydrogen-bond donors (Lipinski definition) is 1. The molecule has 1 aliphatic heterocycles. The maximum Gasteiger partial charge on any atom is 0.418 e. The summed E-state index contributed by atoms with van der Waals surface area (Å²) in [7, 11) is 0. The lowest BCUT2D eigenvalue weighted by molar-refractivity contribution is -0.384. The summed E-state index contributed by atoms with van der Waals surface area (Å²) in [5, 5.41) is 17.5. The molecule has 0 radical (unpaired) electrons. The number of amides is 1. The Morgan fingerprint density at radius 3 is 2.55 bits per heavy atom. The van der Waals surface area contributed by atoms with Crippen LogP contribution in [0.25, 0.3) is 5.69 Å². The van der Waals surface area contributed by atoms with E-state index in [4.69, 9.17) is 4.74 Å². The molecule has 33 heavy (non-hydrogen) atoms. The van der Waals surface area contributed by atoms with Crippen LogP contribution in [0.4, 0.5) is 30.2 Å². The van der Waals surface area contributed by atoms with Crippen LogP contribution in [0, 0.1) is 10.1 Å². The number of benzene rings is 2. The molecule has 3 aromatic rings. The molecular weight excluding hydrogens is 445 g/mol. The van der Waals surface area contributed by atoms with Crippen molar-refractivity contribution in [2.75, 3.05) is 36.5 Å². The number of alkyl halides is 3. The Bertz CT molecular complexity index is 1180. The lowest BCUT2D eigenvalue weighted by Gasteiger charge is -2.29. The minimum atomic E-state index is -4.73. The largest absolute Gasteiger partial charge is 0.418 e. The highest BCUT2D eigenvalue weighted by Crippen LogP contribution is 2.38. The van der Waals surface area contributed by atoms with E-state index in [2.05, 4.69) is 15.4 Å². The molecule has 0 saturated carbocycles. The first-order chi connectivity index (χ1) is 15.7. The molecule has 0 aliphatic carbocycles. The van der Waals surface area contributed by atoms with Crippen molar-refractivity contribution >= 4 is 23.0 Å². The number of nitrogens with zero attached hydrogens (tertiary/aromatic N) is 5. The first kappa shape index (κ1) is 22.2. The van der Waals surface area contributed by atoms with E-state index >= 15 is 0 Å². The zero-order valence-corrected chi connectivity index (χ0v) is 17.0. The molecule has 13 heteroatoms. The predicted octanol–water partition coefficient (Wildman–Crippen LogP) is 3.28. The predicted molar refractivity (Wildman–Crippen MR) is 110 cm³/mol. The summed E-state index contributed by atoms with van der Waals surface area (Å²) < 4.78 is 47.6. The fraction of sp³-hybridized carbons (Fsp3) is 0.250. The van der Waals surface area contributed by atoms with Gasteiger partial charge in [0.2, 0.25) is 0 Å². The summed E-state index contributed by atoms with van der Waals surface area (Å²) in [5.74, 6) is -0.923. The molecule has 10 nitrogen and oxygen atoms in total. The summed E-state index contributed by atoms with van der Waals surface area (Å²) in [6.45, 7) is 1.71. The van der Waals surface area contributed by atoms with Crippen molar-refractivity contribution in [1.29, 1.82) is 0 Å². The van der Waals surface area contributed by atoms with Gasteiger partial charge in [-0.15, -0.1) is 0 Å². The third kappa shape index (κ3) is 4.77. The Labute approximate surface area is 184 Å². The van der Waals surface area contributed by atoms with Gasteiger partial charge in [0, 0.05) is 30.4 Å². The Morgan fingerprint density at radius 2 is 1.91 bits per heavy atom. The van der Waals surface area contributed by atoms with E-state index in [1.54, 1.807) is 4.90 Å². The van der Waals surface area contributed by atoms with Gasteiger partial charge in [-0.25, -0.2) is 9.67 Å². The molecular formula is C20H17F3N6O4. The second-order valence-corrected chi connectivity index (χ2v) is 7.08. The van der Waals surface area contributed by atoms with Crippen LogP contribution in [-0.4, -0.2) is 51.9 Å². The van der Waals surface area contributed by atoms with Gasteiger partial charge >= 0.3 is 6.18 Å². The molecule has 1 aromatic heterocycles. The molecule has 0 unspecified atom stereocenters. The van der Waals surface area contributed by atoms with E-state index < -0.39 is 33.9 Å². The van der Waals surface area contributed by atoms with Gasteiger partial charge in [0.05, 0.1) is 29.4 Å². The Balaban J connectivity index is 1.64. The van der Waals surface area contributed by atoms with E-state index in [0.717, 1.165) is 16.8 Å². The van der Waals surface area contributed by atoms with Crippen molar-refractivity contribution < 1.29 is 27.6 Å². The fourth-order valence-corrected chi connectivity index (χ4v) is 3.43. The number of morpholine rings is 1. The fourth-order valence-electron chi connectivity index (χ4n) is 3.43. The number of nitrogens with one attached hydrogen (secondary N) is 1. The number of nitro groups is 1. The standard InChI is InChI=1S/C20H17F3N6O4/c21-20(22,23)15-10-14(27-5-7-33-8-6-27)2-3-16(15)26-19(30)13-1-4-17(18(9-13)29(31)32)28-12-24-11-25-28/h1-4,9-12H,5-8H2,(H,26,30). The van der Waals surface area contributed by atoms with E-state index in [9.17, 15) is 28.1 Å². The first-order valence-corrected chi connectivity index (χ1v) is 9.73. The molecule has 0 spiro atoms. The zero-order valence-electron chi connectivity index (χ0n) is 17.0. The van der Waals surface area contributed by atoms with E-state index in [0.29, 0.717) is 32.0 Å². The number of aromatic nitrogens is 3. The first-order valence-electron chi connectivity index (χ1n) is 9.73. The van der Waals surface area contributed by atoms with Crippen LogP contribution in [-0.2, 0) is 10.9 Å². The zero-order chi connectivity index (χ0) is 23.6. The SMILES string of the molecule is O=C(Nc1ccc(N2CCOCC2)cc1C(F)(F)F)c1ccc(-n2cncn2)c([N+](=O)[O-])c1. The molecule has 2 aromatic carbocycles. The molecule has 1 amide bonds. The summed E-state index contributed by atoms with van der Waals surface area (Å²) in [5.41, 5.74) is -1.69. The summed E-state index contributed by atoms with van der Waals surface area (Å²) in [4.78, 5) is 28.9. The highest BCUT2D eigenvalue weighted by molar-refractivity contribution is 6.05. The Kier molecular flexibility index (Phi) is 5.96. The molecule has 172 valence electrons. The highest BCUT2D eigenvalue weighted by atomic mass is 19.4. The van der Waals surface area contributed by atoms with Crippen LogP contribution in [0.1, 0.15) is 15.9 Å². The van der Waals surface area contributed by atoms with Crippen LogP contribution >= 0.6 is 0 Å². The molecule has 2 heterocycles. The monoisotopic (exact) mass is 462 g/mol. The minimum Gasteiger partial charge on any atom is -0.378 e. The maximum absolute atomic E-state index is 13.7. The highest BCUT2D eigenvalue weighted by Gasteiger charge is 2.35. The average Bonchev–Trinajstić information content (AvgIpc) is 3.33. The summed E-state index contributed by atoms with van der Waals surface area (Å²) in [6, 6.07) is 7.12. The molecule has 1 saturated heterocycles.